The van der Waals surface area contributed by atoms with E-state index in [1.54, 1.807) is 0 Å². The zero-order chi connectivity index (χ0) is 23.2. The quantitative estimate of drug-likeness (QED) is 0.261. The molecule has 2 aromatic heterocycles. The van der Waals surface area contributed by atoms with Crippen molar-refractivity contribution in [2.24, 2.45) is 0 Å². The van der Waals surface area contributed by atoms with Crippen molar-refractivity contribution in [1.29, 1.82) is 0 Å². The van der Waals surface area contributed by atoms with Crippen LogP contribution in [0.5, 0.6) is 0 Å². The third-order valence-electron chi connectivity index (χ3n) is 6.47. The highest BCUT2D eigenvalue weighted by Crippen LogP contribution is 2.37. The van der Waals surface area contributed by atoms with Crippen molar-refractivity contribution in [1.82, 2.24) is 9.97 Å². The smallest absolute Gasteiger partial charge is 0.0973 e. The Morgan fingerprint density at radius 1 is 0.400 bits per heavy atom. The number of aromatic nitrogens is 2. The molecule has 2 heterocycles. The summed E-state index contributed by atoms with van der Waals surface area (Å²) in [4.78, 5) is 10.2. The van der Waals surface area contributed by atoms with Crippen molar-refractivity contribution >= 4 is 42.5 Å². The SMILES string of the molecule is c1ccc(-c2nc3ccc(-c4ccc5sc6ccccc6c5c4)cc3nc2-c2ccccc2)cc1. The standard InChI is InChI=1S/C32H20N2S/c1-3-9-21(10-4-1)31-32(22-11-5-2-6-12-22)34-28-20-24(15-17-27(28)33-31)23-16-18-30-26(19-23)25-13-7-8-14-29(25)35-30/h1-20H. The molecule has 3 heteroatoms. The highest BCUT2D eigenvalue weighted by molar-refractivity contribution is 7.25. The first-order chi connectivity index (χ1) is 17.3. The lowest BCUT2D eigenvalue weighted by molar-refractivity contribution is 1.29. The summed E-state index contributed by atoms with van der Waals surface area (Å²) < 4.78 is 2.64. The third kappa shape index (κ3) is 3.49. The van der Waals surface area contributed by atoms with Crippen LogP contribution in [0.1, 0.15) is 0 Å². The Bertz CT molecular complexity index is 1840. The molecule has 0 unspecified atom stereocenters. The second-order valence-corrected chi connectivity index (χ2v) is 9.75. The number of thiophene rings is 1. The van der Waals surface area contributed by atoms with E-state index in [4.69, 9.17) is 9.97 Å². The van der Waals surface area contributed by atoms with Gasteiger partial charge in [-0.15, -0.1) is 11.3 Å². The number of nitrogens with zero attached hydrogens (tertiary/aromatic N) is 2. The number of hydrogen-bond acceptors (Lipinski definition) is 3. The minimum atomic E-state index is 0.898. The van der Waals surface area contributed by atoms with Gasteiger partial charge >= 0.3 is 0 Å². The summed E-state index contributed by atoms with van der Waals surface area (Å²) in [5, 5.41) is 2.62. The van der Waals surface area contributed by atoms with E-state index >= 15 is 0 Å². The van der Waals surface area contributed by atoms with Gasteiger partial charge in [0.2, 0.25) is 0 Å². The van der Waals surface area contributed by atoms with Crippen LogP contribution in [-0.2, 0) is 0 Å². The van der Waals surface area contributed by atoms with E-state index in [1.807, 2.05) is 47.7 Å². The van der Waals surface area contributed by atoms with Crippen LogP contribution < -0.4 is 0 Å². The Labute approximate surface area is 207 Å². The summed E-state index contributed by atoms with van der Waals surface area (Å²) in [6.07, 6.45) is 0. The van der Waals surface area contributed by atoms with Gasteiger partial charge in [0.1, 0.15) is 0 Å². The van der Waals surface area contributed by atoms with Crippen LogP contribution in [0.4, 0.5) is 0 Å². The van der Waals surface area contributed by atoms with Crippen molar-refractivity contribution in [3.63, 3.8) is 0 Å². The molecule has 0 N–H and O–H groups in total. The zero-order valence-corrected chi connectivity index (χ0v) is 19.7. The topological polar surface area (TPSA) is 25.8 Å². The van der Waals surface area contributed by atoms with E-state index < -0.39 is 0 Å². The van der Waals surface area contributed by atoms with E-state index in [2.05, 4.69) is 84.9 Å². The zero-order valence-electron chi connectivity index (χ0n) is 18.8. The van der Waals surface area contributed by atoms with Crippen LogP contribution in [0, 0.1) is 0 Å². The minimum absolute atomic E-state index is 0.898. The van der Waals surface area contributed by atoms with Crippen LogP contribution in [0.2, 0.25) is 0 Å². The lowest BCUT2D eigenvalue weighted by Gasteiger charge is -2.11. The van der Waals surface area contributed by atoms with Crippen molar-refractivity contribution in [3.05, 3.63) is 121 Å². The molecular formula is C32H20N2S. The molecule has 0 spiro atoms. The van der Waals surface area contributed by atoms with Gasteiger partial charge < -0.3 is 0 Å². The maximum atomic E-state index is 5.15. The molecule has 7 rings (SSSR count). The average Bonchev–Trinajstić information content (AvgIpc) is 3.31. The first-order valence-corrected chi connectivity index (χ1v) is 12.5. The van der Waals surface area contributed by atoms with Crippen molar-refractivity contribution in [2.45, 2.75) is 0 Å². The molecule has 0 fully saturated rings. The second kappa shape index (κ2) is 8.15. The molecule has 5 aromatic carbocycles. The number of fused-ring (bicyclic) bond motifs is 4. The van der Waals surface area contributed by atoms with E-state index in [-0.39, 0.29) is 0 Å². The molecule has 0 radical (unpaired) electrons. The molecule has 164 valence electrons. The predicted octanol–water partition coefficient (Wildman–Crippen LogP) is 9.00. The fourth-order valence-corrected chi connectivity index (χ4v) is 5.82. The molecule has 0 saturated carbocycles. The normalized spacial score (nSPS) is 11.4. The van der Waals surface area contributed by atoms with Gasteiger partial charge in [0.05, 0.1) is 22.4 Å². The fourth-order valence-electron chi connectivity index (χ4n) is 4.73. The fraction of sp³-hybridized carbons (Fsp3) is 0. The highest BCUT2D eigenvalue weighted by Gasteiger charge is 2.14. The van der Waals surface area contributed by atoms with E-state index in [1.165, 1.54) is 25.7 Å². The van der Waals surface area contributed by atoms with Crippen molar-refractivity contribution in [3.8, 4) is 33.6 Å². The molecule has 35 heavy (non-hydrogen) atoms. The number of rotatable bonds is 3. The lowest BCUT2D eigenvalue weighted by Crippen LogP contribution is -1.95. The predicted molar refractivity (Wildman–Crippen MR) is 149 cm³/mol. The first-order valence-electron chi connectivity index (χ1n) is 11.7. The van der Waals surface area contributed by atoms with Gasteiger partial charge in [-0.25, -0.2) is 9.97 Å². The monoisotopic (exact) mass is 464 g/mol. The number of benzene rings is 5. The van der Waals surface area contributed by atoms with Crippen LogP contribution in [0.15, 0.2) is 121 Å². The minimum Gasteiger partial charge on any atom is -0.244 e. The van der Waals surface area contributed by atoms with E-state index in [0.717, 1.165) is 39.1 Å². The summed E-state index contributed by atoms with van der Waals surface area (Å²) in [7, 11) is 0. The van der Waals surface area contributed by atoms with E-state index in [9.17, 15) is 0 Å². The largest absolute Gasteiger partial charge is 0.244 e. The van der Waals surface area contributed by atoms with Crippen molar-refractivity contribution in [2.75, 3.05) is 0 Å². The van der Waals surface area contributed by atoms with Gasteiger partial charge in [0.15, 0.2) is 0 Å². The molecule has 0 aliphatic rings. The van der Waals surface area contributed by atoms with Gasteiger partial charge in [-0.2, -0.15) is 0 Å². The van der Waals surface area contributed by atoms with Crippen LogP contribution in [-0.4, -0.2) is 9.97 Å². The Balaban J connectivity index is 1.42. The Hall–Kier alpha value is -4.34. The molecule has 0 amide bonds. The molecule has 0 saturated heterocycles. The molecule has 0 bridgehead atoms. The maximum Gasteiger partial charge on any atom is 0.0973 e. The Morgan fingerprint density at radius 2 is 0.971 bits per heavy atom. The van der Waals surface area contributed by atoms with Gasteiger partial charge in [-0.1, -0.05) is 91.0 Å². The number of hydrogen-bond donors (Lipinski definition) is 0. The molecule has 0 atom stereocenters. The van der Waals surface area contributed by atoms with Gasteiger partial charge in [0, 0.05) is 31.3 Å². The first kappa shape index (κ1) is 20.1. The summed E-state index contributed by atoms with van der Waals surface area (Å²) in [5.41, 5.74) is 8.08. The molecule has 2 nitrogen and oxygen atoms in total. The van der Waals surface area contributed by atoms with E-state index in [0.29, 0.717) is 0 Å². The van der Waals surface area contributed by atoms with Crippen molar-refractivity contribution < 1.29 is 0 Å². The third-order valence-corrected chi connectivity index (χ3v) is 7.62. The average molecular weight is 465 g/mol. The summed E-state index contributed by atoms with van der Waals surface area (Å²) in [5.74, 6) is 0. The van der Waals surface area contributed by atoms with Gasteiger partial charge in [-0.3, -0.25) is 0 Å². The van der Waals surface area contributed by atoms with Crippen LogP contribution >= 0.6 is 11.3 Å². The summed E-state index contributed by atoms with van der Waals surface area (Å²) in [6.45, 7) is 0. The van der Waals surface area contributed by atoms with Gasteiger partial charge in [0.25, 0.3) is 0 Å². The Morgan fingerprint density at radius 3 is 1.71 bits per heavy atom. The van der Waals surface area contributed by atoms with Crippen LogP contribution in [0.25, 0.3) is 64.8 Å². The molecular weight excluding hydrogens is 444 g/mol. The second-order valence-electron chi connectivity index (χ2n) is 8.67. The summed E-state index contributed by atoms with van der Waals surface area (Å²) >= 11 is 1.84. The summed E-state index contributed by atoms with van der Waals surface area (Å²) in [6, 6.07) is 42.4. The Kier molecular flexibility index (Phi) is 4.68. The molecule has 7 aromatic rings. The maximum absolute atomic E-state index is 5.15. The van der Waals surface area contributed by atoms with Crippen LogP contribution in [0.3, 0.4) is 0 Å². The highest BCUT2D eigenvalue weighted by atomic mass is 32.1. The molecule has 0 aliphatic carbocycles. The molecule has 0 aliphatic heterocycles. The van der Waals surface area contributed by atoms with Gasteiger partial charge in [-0.05, 0) is 41.5 Å². The lowest BCUT2D eigenvalue weighted by atomic mass is 10.0.